The number of carbonyl (C=O) groups excluding carboxylic acids is 2. The first-order valence-electron chi connectivity index (χ1n) is 13.2. The van der Waals surface area contributed by atoms with E-state index in [9.17, 15) is 9.59 Å². The normalized spacial score (nSPS) is 14.8. The van der Waals surface area contributed by atoms with E-state index < -0.39 is 6.10 Å². The van der Waals surface area contributed by atoms with Crippen LogP contribution in [0.3, 0.4) is 0 Å². The molecule has 1 N–H and O–H groups in total. The molecule has 1 amide bonds. The number of nitrogens with zero attached hydrogens (tertiary/aromatic N) is 1. The number of carbonyl (C=O) groups is 2. The van der Waals surface area contributed by atoms with Crippen molar-refractivity contribution < 1.29 is 14.3 Å². The van der Waals surface area contributed by atoms with Crippen LogP contribution in [0.25, 0.3) is 10.9 Å². The van der Waals surface area contributed by atoms with E-state index in [-0.39, 0.29) is 11.9 Å². The van der Waals surface area contributed by atoms with E-state index in [4.69, 9.17) is 16.3 Å². The molecule has 1 aliphatic carbocycles. The summed E-state index contributed by atoms with van der Waals surface area (Å²) in [5.74, 6) is 1.20. The van der Waals surface area contributed by atoms with Crippen LogP contribution in [0.1, 0.15) is 77.0 Å². The number of fused-ring (bicyclic) bond motifs is 1. The number of amides is 1. The topological polar surface area (TPSA) is 60.3 Å². The number of nitrogens with one attached hydrogen (secondary N) is 1. The van der Waals surface area contributed by atoms with Crippen molar-refractivity contribution >= 4 is 34.7 Å². The zero-order valence-corrected chi connectivity index (χ0v) is 23.0. The van der Waals surface area contributed by atoms with Crippen LogP contribution in [0.4, 0.5) is 0 Å². The fourth-order valence-corrected chi connectivity index (χ4v) is 5.19. The smallest absolute Gasteiger partial charge is 0.251 e. The number of rotatable bonds is 9. The summed E-state index contributed by atoms with van der Waals surface area (Å²) in [7, 11) is 0. The molecule has 2 atom stereocenters. The summed E-state index contributed by atoms with van der Waals surface area (Å²) < 4.78 is 7.87. The van der Waals surface area contributed by atoms with Gasteiger partial charge < -0.3 is 14.6 Å². The molecule has 0 saturated heterocycles. The fraction of sp³-hybridized carbons (Fsp3) is 0.312. The average molecular weight is 529 g/mol. The van der Waals surface area contributed by atoms with Crippen LogP contribution < -0.4 is 10.1 Å². The number of ether oxygens (including phenoxy) is 1. The lowest BCUT2D eigenvalue weighted by atomic mass is 10.0. The van der Waals surface area contributed by atoms with E-state index in [1.807, 2.05) is 31.2 Å². The van der Waals surface area contributed by atoms with Crippen molar-refractivity contribution in [3.05, 3.63) is 99.2 Å². The lowest BCUT2D eigenvalue weighted by molar-refractivity contribution is -0.113. The van der Waals surface area contributed by atoms with Gasteiger partial charge in [-0.15, -0.1) is 0 Å². The molecule has 1 saturated carbocycles. The molecule has 4 aromatic rings. The Balaban J connectivity index is 1.38. The average Bonchev–Trinajstić information content (AvgIpc) is 3.75. The zero-order valence-electron chi connectivity index (χ0n) is 22.3. The molecule has 0 aliphatic heterocycles. The van der Waals surface area contributed by atoms with E-state index in [0.29, 0.717) is 28.8 Å². The van der Waals surface area contributed by atoms with Crippen LogP contribution >= 0.6 is 11.6 Å². The zero-order chi connectivity index (χ0) is 27.0. The Bertz CT molecular complexity index is 1520. The predicted molar refractivity (Wildman–Crippen MR) is 152 cm³/mol. The highest BCUT2D eigenvalue weighted by atomic mass is 35.5. The number of aryl methyl sites for hydroxylation is 1. The third-order valence-electron chi connectivity index (χ3n) is 7.57. The molecule has 3 aromatic carbocycles. The Morgan fingerprint density at radius 3 is 2.63 bits per heavy atom. The highest BCUT2D eigenvalue weighted by Crippen LogP contribution is 2.40. The minimum absolute atomic E-state index is 0.0806. The molecule has 0 bridgehead atoms. The van der Waals surface area contributed by atoms with Gasteiger partial charge in [0.25, 0.3) is 5.91 Å². The molecule has 1 aromatic heterocycles. The first kappa shape index (κ1) is 26.1. The van der Waals surface area contributed by atoms with Crippen LogP contribution in [0.2, 0.25) is 5.02 Å². The first-order valence-corrected chi connectivity index (χ1v) is 13.5. The number of halogens is 1. The van der Waals surface area contributed by atoms with Crippen molar-refractivity contribution in [1.29, 1.82) is 0 Å². The maximum Gasteiger partial charge on any atom is 0.251 e. The summed E-state index contributed by atoms with van der Waals surface area (Å²) in [6, 6.07) is 19.8. The molecule has 6 heteroatoms. The van der Waals surface area contributed by atoms with Crippen molar-refractivity contribution in [2.24, 2.45) is 0 Å². The molecule has 1 heterocycles. The van der Waals surface area contributed by atoms with Crippen LogP contribution in [0, 0.1) is 13.8 Å². The van der Waals surface area contributed by atoms with E-state index in [1.165, 1.54) is 18.4 Å². The Morgan fingerprint density at radius 2 is 1.89 bits per heavy atom. The minimum Gasteiger partial charge on any atom is -0.483 e. The maximum absolute atomic E-state index is 13.2. The van der Waals surface area contributed by atoms with Gasteiger partial charge in [0, 0.05) is 33.7 Å². The van der Waals surface area contributed by atoms with Gasteiger partial charge in [0.1, 0.15) is 5.75 Å². The van der Waals surface area contributed by atoms with Gasteiger partial charge in [0.2, 0.25) is 0 Å². The van der Waals surface area contributed by atoms with E-state index in [0.717, 1.165) is 39.6 Å². The first-order chi connectivity index (χ1) is 18.2. The molecule has 1 aliphatic rings. The second-order valence-electron chi connectivity index (χ2n) is 10.4. The maximum atomic E-state index is 13.2. The molecule has 1 fully saturated rings. The van der Waals surface area contributed by atoms with Crippen LogP contribution in [-0.2, 0) is 11.3 Å². The largest absolute Gasteiger partial charge is 0.483 e. The molecule has 5 nitrogen and oxygen atoms in total. The summed E-state index contributed by atoms with van der Waals surface area (Å²) in [4.78, 5) is 24.2. The van der Waals surface area contributed by atoms with Crippen molar-refractivity contribution in [3.8, 4) is 5.75 Å². The summed E-state index contributed by atoms with van der Waals surface area (Å²) >= 11 is 6.53. The fourth-order valence-electron chi connectivity index (χ4n) is 5.02. The van der Waals surface area contributed by atoms with Crippen LogP contribution in [-0.4, -0.2) is 22.9 Å². The Hall–Kier alpha value is -3.57. The SMILES string of the molecule is Cc1c(C)n(Cc2cc(O[C@@H](C)C=O)ccc2Cl)c2ccc(C(=O)N[C@@H](C)c3cccc(C4CC4)c3)cc12. The lowest BCUT2D eigenvalue weighted by Gasteiger charge is -2.16. The molecule has 0 radical (unpaired) electrons. The summed E-state index contributed by atoms with van der Waals surface area (Å²) in [6.45, 7) is 8.43. The molecule has 196 valence electrons. The van der Waals surface area contributed by atoms with Gasteiger partial charge in [-0.2, -0.15) is 0 Å². The number of benzene rings is 3. The van der Waals surface area contributed by atoms with Crippen molar-refractivity contribution in [2.75, 3.05) is 0 Å². The van der Waals surface area contributed by atoms with Crippen molar-refractivity contribution in [1.82, 2.24) is 9.88 Å². The number of aromatic nitrogens is 1. The molecule has 0 unspecified atom stereocenters. The standard InChI is InChI=1S/C32H33ClN2O3/c1-19(18-36)38-28-11-12-30(33)27(15-28)17-35-22(4)20(2)29-16-26(10-13-31(29)35)32(37)34-21(3)24-6-5-7-25(14-24)23-8-9-23/h5-7,10-16,18-19,21,23H,8-9,17H2,1-4H3,(H,34,37)/t19-,21-/m0/s1. The molecule has 0 spiro atoms. The third-order valence-corrected chi connectivity index (χ3v) is 7.94. The third kappa shape index (κ3) is 5.34. The summed E-state index contributed by atoms with van der Waals surface area (Å²) in [6.07, 6.45) is 2.75. The van der Waals surface area contributed by atoms with Crippen LogP contribution in [0.15, 0.2) is 60.7 Å². The van der Waals surface area contributed by atoms with Gasteiger partial charge in [-0.3, -0.25) is 9.59 Å². The van der Waals surface area contributed by atoms with Gasteiger partial charge in [-0.25, -0.2) is 0 Å². The van der Waals surface area contributed by atoms with Gasteiger partial charge in [0.05, 0.1) is 6.04 Å². The summed E-state index contributed by atoms with van der Waals surface area (Å²) in [5.41, 5.74) is 7.29. The molecule has 38 heavy (non-hydrogen) atoms. The van der Waals surface area contributed by atoms with Gasteiger partial charge in [-0.1, -0.05) is 35.9 Å². The Kier molecular flexibility index (Phi) is 7.31. The van der Waals surface area contributed by atoms with Gasteiger partial charge in [0.15, 0.2) is 12.4 Å². The second-order valence-corrected chi connectivity index (χ2v) is 10.8. The number of hydrogen-bond donors (Lipinski definition) is 1. The Labute approximate surface area is 228 Å². The summed E-state index contributed by atoms with van der Waals surface area (Å²) in [5, 5.41) is 4.85. The Morgan fingerprint density at radius 1 is 1.11 bits per heavy atom. The predicted octanol–water partition coefficient (Wildman–Crippen LogP) is 7.29. The van der Waals surface area contributed by atoms with E-state index in [1.54, 1.807) is 19.1 Å². The van der Waals surface area contributed by atoms with Crippen molar-refractivity contribution in [3.63, 3.8) is 0 Å². The van der Waals surface area contributed by atoms with Gasteiger partial charge in [-0.05, 0) is 105 Å². The highest BCUT2D eigenvalue weighted by molar-refractivity contribution is 6.31. The van der Waals surface area contributed by atoms with Gasteiger partial charge >= 0.3 is 0 Å². The van der Waals surface area contributed by atoms with Crippen molar-refractivity contribution in [2.45, 2.75) is 65.1 Å². The molecule has 5 rings (SSSR count). The van der Waals surface area contributed by atoms with E-state index in [2.05, 4.69) is 48.0 Å². The monoisotopic (exact) mass is 528 g/mol. The lowest BCUT2D eigenvalue weighted by Crippen LogP contribution is -2.26. The molecular formula is C32H33ClN2O3. The van der Waals surface area contributed by atoms with E-state index >= 15 is 0 Å². The quantitative estimate of drug-likeness (QED) is 0.232. The number of hydrogen-bond acceptors (Lipinski definition) is 3. The minimum atomic E-state index is -0.533. The molecular weight excluding hydrogens is 496 g/mol. The number of aldehydes is 1. The van der Waals surface area contributed by atoms with Crippen LogP contribution in [0.5, 0.6) is 5.75 Å². The highest BCUT2D eigenvalue weighted by Gasteiger charge is 2.24. The second kappa shape index (κ2) is 10.7.